The number of nitrogens with zero attached hydrogens (tertiary/aromatic N) is 1. The Labute approximate surface area is 291 Å². The van der Waals surface area contributed by atoms with Gasteiger partial charge in [0.15, 0.2) is 0 Å². The zero-order valence-corrected chi connectivity index (χ0v) is 29.2. The fourth-order valence-corrected chi connectivity index (χ4v) is 7.46. The van der Waals surface area contributed by atoms with Crippen molar-refractivity contribution in [3.05, 3.63) is 157 Å². The summed E-state index contributed by atoms with van der Waals surface area (Å²) >= 11 is 0. The van der Waals surface area contributed by atoms with Crippen LogP contribution in [0.1, 0.15) is 52.7 Å². The number of fused-ring (bicyclic) bond motifs is 3. The van der Waals surface area contributed by atoms with Gasteiger partial charge in [-0.2, -0.15) is 0 Å². The summed E-state index contributed by atoms with van der Waals surface area (Å²) in [6, 6.07) is 52.6. The molecule has 1 aliphatic carbocycles. The second kappa shape index (κ2) is 11.6. The minimum absolute atomic E-state index is 0.103. The maximum absolute atomic E-state index is 6.53. The van der Waals surface area contributed by atoms with Gasteiger partial charge in [-0.25, -0.2) is 0 Å². The van der Waals surface area contributed by atoms with E-state index in [9.17, 15) is 0 Å². The third kappa shape index (κ3) is 5.31. The Morgan fingerprint density at radius 1 is 0.429 bits per heavy atom. The predicted molar refractivity (Wildman–Crippen MR) is 205 cm³/mol. The first kappa shape index (κ1) is 31.4. The fourth-order valence-electron chi connectivity index (χ4n) is 7.46. The highest BCUT2D eigenvalue weighted by molar-refractivity contribution is 6.63. The van der Waals surface area contributed by atoms with Crippen molar-refractivity contribution in [2.45, 2.75) is 58.2 Å². The lowest BCUT2D eigenvalue weighted by Gasteiger charge is -2.32. The first-order chi connectivity index (χ1) is 23.5. The molecule has 0 saturated carbocycles. The van der Waals surface area contributed by atoms with Gasteiger partial charge in [0, 0.05) is 22.5 Å². The van der Waals surface area contributed by atoms with E-state index in [1.165, 1.54) is 33.4 Å². The quantitative estimate of drug-likeness (QED) is 0.169. The Balaban J connectivity index is 1.25. The van der Waals surface area contributed by atoms with Gasteiger partial charge in [-0.1, -0.05) is 123 Å². The van der Waals surface area contributed by atoms with Gasteiger partial charge < -0.3 is 14.2 Å². The standard InChI is InChI=1S/C45H42BNO2/c1-43(2)40-21-12-10-20-38(40)39-28-27-36(30-41(39)43)47(34-25-23-32(24-26-34)31-15-8-7-9-16-31)35-18-14-17-33(29-35)37-19-11-13-22-42(37)46-48-44(3,4)45(5,6)49-46/h7-30H,1-6H3. The normalized spacial score (nSPS) is 16.7. The van der Waals surface area contributed by atoms with Gasteiger partial charge in [0.1, 0.15) is 0 Å². The molecule has 3 nitrogen and oxygen atoms in total. The maximum atomic E-state index is 6.53. The molecule has 0 amide bonds. The lowest BCUT2D eigenvalue weighted by atomic mass is 9.74. The molecule has 1 fully saturated rings. The zero-order chi connectivity index (χ0) is 34.0. The minimum atomic E-state index is -0.452. The second-order valence-corrected chi connectivity index (χ2v) is 14.9. The van der Waals surface area contributed by atoms with Gasteiger partial charge in [-0.3, -0.25) is 0 Å². The van der Waals surface area contributed by atoms with Gasteiger partial charge in [-0.05, 0) is 114 Å². The van der Waals surface area contributed by atoms with E-state index in [1.807, 2.05) is 0 Å². The molecule has 4 heteroatoms. The van der Waals surface area contributed by atoms with Gasteiger partial charge in [0.05, 0.1) is 11.2 Å². The van der Waals surface area contributed by atoms with Crippen molar-refractivity contribution in [3.63, 3.8) is 0 Å². The van der Waals surface area contributed by atoms with E-state index >= 15 is 0 Å². The van der Waals surface area contributed by atoms with Crippen molar-refractivity contribution in [2.24, 2.45) is 0 Å². The van der Waals surface area contributed by atoms with Crippen LogP contribution in [-0.2, 0) is 14.7 Å². The van der Waals surface area contributed by atoms with E-state index in [2.05, 4.69) is 192 Å². The SMILES string of the molecule is CC1(C)c2ccccc2-c2ccc(N(c3ccc(-c4ccccc4)cc3)c3cccc(-c4ccccc4B4OC(C)(C)C(C)(C)O4)c3)cc21. The van der Waals surface area contributed by atoms with Crippen LogP contribution < -0.4 is 10.4 Å². The van der Waals surface area contributed by atoms with Gasteiger partial charge in [0.2, 0.25) is 0 Å². The molecule has 1 saturated heterocycles. The first-order valence-electron chi connectivity index (χ1n) is 17.3. The summed E-state index contributed by atoms with van der Waals surface area (Å²) in [5.74, 6) is 0. The smallest absolute Gasteiger partial charge is 0.399 e. The van der Waals surface area contributed by atoms with Crippen molar-refractivity contribution in [2.75, 3.05) is 4.90 Å². The Morgan fingerprint density at radius 3 is 1.71 bits per heavy atom. The van der Waals surface area contributed by atoms with Crippen LogP contribution in [0.3, 0.4) is 0 Å². The molecule has 1 heterocycles. The maximum Gasteiger partial charge on any atom is 0.495 e. The number of anilines is 3. The molecule has 6 aromatic rings. The van der Waals surface area contributed by atoms with Crippen molar-refractivity contribution in [1.82, 2.24) is 0 Å². The van der Waals surface area contributed by atoms with Gasteiger partial charge in [-0.15, -0.1) is 0 Å². The number of hydrogen-bond acceptors (Lipinski definition) is 3. The highest BCUT2D eigenvalue weighted by Crippen LogP contribution is 2.50. The number of hydrogen-bond donors (Lipinski definition) is 0. The minimum Gasteiger partial charge on any atom is -0.399 e. The lowest BCUT2D eigenvalue weighted by Crippen LogP contribution is -2.41. The zero-order valence-electron chi connectivity index (χ0n) is 29.2. The second-order valence-electron chi connectivity index (χ2n) is 14.9. The van der Waals surface area contributed by atoms with E-state index in [0.717, 1.165) is 33.7 Å². The summed E-state index contributed by atoms with van der Waals surface area (Å²) in [6.07, 6.45) is 0. The summed E-state index contributed by atoms with van der Waals surface area (Å²) in [5.41, 5.74) is 13.4. The average molecular weight is 640 g/mol. The molecule has 0 unspecified atom stereocenters. The molecule has 8 rings (SSSR count). The van der Waals surface area contributed by atoms with Crippen LogP contribution in [0.4, 0.5) is 17.1 Å². The van der Waals surface area contributed by atoms with Crippen molar-refractivity contribution >= 4 is 29.6 Å². The number of benzene rings is 6. The van der Waals surface area contributed by atoms with E-state index in [4.69, 9.17) is 9.31 Å². The van der Waals surface area contributed by atoms with Crippen LogP contribution in [0, 0.1) is 0 Å². The third-order valence-electron chi connectivity index (χ3n) is 10.9. The molecule has 0 radical (unpaired) electrons. The largest absolute Gasteiger partial charge is 0.495 e. The molecule has 0 aromatic heterocycles. The van der Waals surface area contributed by atoms with E-state index in [-0.39, 0.29) is 5.41 Å². The van der Waals surface area contributed by atoms with Crippen molar-refractivity contribution < 1.29 is 9.31 Å². The molecule has 1 aliphatic heterocycles. The van der Waals surface area contributed by atoms with Gasteiger partial charge >= 0.3 is 7.12 Å². The molecule has 0 atom stereocenters. The fraction of sp³-hybridized carbons (Fsp3) is 0.200. The van der Waals surface area contributed by atoms with Crippen LogP contribution in [0.15, 0.2) is 146 Å². The Kier molecular flexibility index (Phi) is 7.44. The highest BCUT2D eigenvalue weighted by atomic mass is 16.7. The van der Waals surface area contributed by atoms with Crippen LogP contribution in [0.2, 0.25) is 0 Å². The summed E-state index contributed by atoms with van der Waals surface area (Å²) in [4.78, 5) is 2.38. The first-order valence-corrected chi connectivity index (χ1v) is 17.3. The molecule has 2 aliphatic rings. The summed E-state index contributed by atoms with van der Waals surface area (Å²) in [6.45, 7) is 13.1. The molecule has 0 bridgehead atoms. The average Bonchev–Trinajstić information content (AvgIpc) is 3.48. The molecule has 49 heavy (non-hydrogen) atoms. The molecular formula is C45H42BNO2. The van der Waals surface area contributed by atoms with Crippen molar-refractivity contribution in [1.29, 1.82) is 0 Å². The van der Waals surface area contributed by atoms with Crippen molar-refractivity contribution in [3.8, 4) is 33.4 Å². The summed E-state index contributed by atoms with van der Waals surface area (Å²) < 4.78 is 13.1. The highest BCUT2D eigenvalue weighted by Gasteiger charge is 2.52. The summed E-state index contributed by atoms with van der Waals surface area (Å²) in [5, 5.41) is 0. The molecule has 0 spiro atoms. The lowest BCUT2D eigenvalue weighted by molar-refractivity contribution is 0.00578. The number of rotatable bonds is 6. The predicted octanol–water partition coefficient (Wildman–Crippen LogP) is 11.1. The van der Waals surface area contributed by atoms with Crippen LogP contribution >= 0.6 is 0 Å². The van der Waals surface area contributed by atoms with E-state index < -0.39 is 18.3 Å². The molecule has 242 valence electrons. The van der Waals surface area contributed by atoms with Crippen LogP contribution in [-0.4, -0.2) is 18.3 Å². The van der Waals surface area contributed by atoms with Gasteiger partial charge in [0.25, 0.3) is 0 Å². The topological polar surface area (TPSA) is 21.7 Å². The Morgan fingerprint density at radius 2 is 0.980 bits per heavy atom. The monoisotopic (exact) mass is 639 g/mol. The van der Waals surface area contributed by atoms with E-state index in [0.29, 0.717) is 0 Å². The molecular weight excluding hydrogens is 597 g/mol. The molecule has 0 N–H and O–H groups in total. The Hall–Kier alpha value is -4.90. The Bertz CT molecular complexity index is 2150. The third-order valence-corrected chi connectivity index (χ3v) is 10.9. The summed E-state index contributed by atoms with van der Waals surface area (Å²) in [7, 11) is -0.452. The van der Waals surface area contributed by atoms with E-state index in [1.54, 1.807) is 0 Å². The van der Waals surface area contributed by atoms with Crippen LogP contribution in [0.25, 0.3) is 33.4 Å². The van der Waals surface area contributed by atoms with Crippen LogP contribution in [0.5, 0.6) is 0 Å². The molecule has 6 aromatic carbocycles.